The van der Waals surface area contributed by atoms with Crippen LogP contribution in [-0.2, 0) is 16.3 Å². The summed E-state index contributed by atoms with van der Waals surface area (Å²) < 4.78 is 36.9. The Hall–Kier alpha value is -0.460. The molecule has 0 amide bonds. The summed E-state index contributed by atoms with van der Waals surface area (Å²) in [6.45, 7) is 3.35. The first kappa shape index (κ1) is 16.6. The van der Waals surface area contributed by atoms with E-state index in [0.717, 1.165) is 10.0 Å². The molecule has 1 aromatic rings. The SMILES string of the molecule is CNC(Cc1cc(F)ccc1Br)C(C)(C)S(C)(=O)=O. The van der Waals surface area contributed by atoms with Gasteiger partial charge in [-0.05, 0) is 51.1 Å². The van der Waals surface area contributed by atoms with E-state index in [4.69, 9.17) is 0 Å². The van der Waals surface area contributed by atoms with Crippen molar-refractivity contribution in [1.29, 1.82) is 0 Å². The van der Waals surface area contributed by atoms with Crippen molar-refractivity contribution in [3.05, 3.63) is 34.1 Å². The Bertz CT molecular complexity index is 558. The molecule has 1 rings (SSSR count). The third-order valence-corrected chi connectivity index (χ3v) is 6.54. The monoisotopic (exact) mass is 351 g/mol. The average Bonchev–Trinajstić information content (AvgIpc) is 2.28. The van der Waals surface area contributed by atoms with Crippen molar-refractivity contribution < 1.29 is 12.8 Å². The highest BCUT2D eigenvalue weighted by Crippen LogP contribution is 2.26. The maximum absolute atomic E-state index is 13.3. The summed E-state index contributed by atoms with van der Waals surface area (Å²) in [5.41, 5.74) is 0.746. The maximum Gasteiger partial charge on any atom is 0.154 e. The summed E-state index contributed by atoms with van der Waals surface area (Å²) in [7, 11) is -1.52. The van der Waals surface area contributed by atoms with Gasteiger partial charge in [-0.1, -0.05) is 15.9 Å². The van der Waals surface area contributed by atoms with Crippen molar-refractivity contribution in [2.75, 3.05) is 13.3 Å². The molecule has 0 saturated carbocycles. The predicted molar refractivity (Wildman–Crippen MR) is 79.6 cm³/mol. The topological polar surface area (TPSA) is 46.2 Å². The van der Waals surface area contributed by atoms with Gasteiger partial charge in [-0.3, -0.25) is 0 Å². The lowest BCUT2D eigenvalue weighted by Crippen LogP contribution is -2.51. The molecule has 19 heavy (non-hydrogen) atoms. The Morgan fingerprint density at radius 2 is 2.00 bits per heavy atom. The molecule has 0 aromatic heterocycles. The fraction of sp³-hybridized carbons (Fsp3) is 0.538. The Kier molecular flexibility index (Phi) is 5.15. The standard InChI is InChI=1S/C13H19BrFNO2S/c1-13(2,19(4,17)18)12(16-3)8-9-7-10(15)5-6-11(9)14/h5-7,12,16H,8H2,1-4H3. The summed E-state index contributed by atoms with van der Waals surface area (Å²) in [5.74, 6) is -0.329. The molecule has 0 aliphatic rings. The molecule has 0 spiro atoms. The first-order chi connectivity index (χ1) is 8.59. The van der Waals surface area contributed by atoms with Gasteiger partial charge in [0.05, 0.1) is 4.75 Å². The second-order valence-electron chi connectivity index (χ2n) is 5.16. The lowest BCUT2D eigenvalue weighted by molar-refractivity contribution is 0.429. The highest BCUT2D eigenvalue weighted by molar-refractivity contribution is 9.10. The molecular formula is C13H19BrFNO2S. The summed E-state index contributed by atoms with van der Waals surface area (Å²) in [6, 6.07) is 4.11. The number of sulfone groups is 1. The Morgan fingerprint density at radius 3 is 2.47 bits per heavy atom. The Morgan fingerprint density at radius 1 is 1.42 bits per heavy atom. The number of likely N-dealkylation sites (N-methyl/N-ethyl adjacent to an activating group) is 1. The first-order valence-electron chi connectivity index (χ1n) is 5.90. The van der Waals surface area contributed by atoms with E-state index >= 15 is 0 Å². The van der Waals surface area contributed by atoms with Crippen molar-refractivity contribution in [2.24, 2.45) is 0 Å². The van der Waals surface area contributed by atoms with Gasteiger partial charge in [0, 0.05) is 16.8 Å². The van der Waals surface area contributed by atoms with Crippen molar-refractivity contribution in [2.45, 2.75) is 31.1 Å². The van der Waals surface area contributed by atoms with Crippen molar-refractivity contribution in [1.82, 2.24) is 5.32 Å². The highest BCUT2D eigenvalue weighted by Gasteiger charge is 2.38. The Labute approximate surface area is 122 Å². The minimum absolute atomic E-state index is 0.305. The molecule has 0 heterocycles. The van der Waals surface area contributed by atoms with E-state index in [-0.39, 0.29) is 11.9 Å². The van der Waals surface area contributed by atoms with Gasteiger partial charge < -0.3 is 5.32 Å². The van der Waals surface area contributed by atoms with E-state index in [1.54, 1.807) is 27.0 Å². The number of rotatable bonds is 5. The Balaban J connectivity index is 3.10. The fourth-order valence-electron chi connectivity index (χ4n) is 1.87. The molecule has 0 aliphatic heterocycles. The summed E-state index contributed by atoms with van der Waals surface area (Å²) in [5, 5.41) is 3.02. The second kappa shape index (κ2) is 5.89. The average molecular weight is 352 g/mol. The van der Waals surface area contributed by atoms with Gasteiger partial charge >= 0.3 is 0 Å². The number of halogens is 2. The van der Waals surface area contributed by atoms with Crippen molar-refractivity contribution >= 4 is 25.8 Å². The maximum atomic E-state index is 13.3. The molecule has 1 aromatic carbocycles. The van der Waals surface area contributed by atoms with Crippen LogP contribution in [0.5, 0.6) is 0 Å². The zero-order valence-electron chi connectivity index (χ0n) is 11.5. The van der Waals surface area contributed by atoms with Gasteiger partial charge in [0.1, 0.15) is 5.82 Å². The minimum Gasteiger partial charge on any atom is -0.315 e. The van der Waals surface area contributed by atoms with E-state index in [2.05, 4.69) is 21.2 Å². The van der Waals surface area contributed by atoms with Crippen LogP contribution in [-0.4, -0.2) is 32.5 Å². The zero-order chi connectivity index (χ0) is 14.8. The molecule has 3 nitrogen and oxygen atoms in total. The van der Waals surface area contributed by atoms with Crippen LogP contribution in [0.4, 0.5) is 4.39 Å². The number of hydrogen-bond acceptors (Lipinski definition) is 3. The molecule has 0 aliphatic carbocycles. The third kappa shape index (κ3) is 3.77. The molecule has 1 unspecified atom stereocenters. The van der Waals surface area contributed by atoms with Crippen LogP contribution >= 0.6 is 15.9 Å². The van der Waals surface area contributed by atoms with E-state index in [1.807, 2.05) is 0 Å². The second-order valence-corrected chi connectivity index (χ2v) is 8.61. The van der Waals surface area contributed by atoms with Crippen LogP contribution in [0.25, 0.3) is 0 Å². The summed E-state index contributed by atoms with van der Waals surface area (Å²) in [4.78, 5) is 0. The number of benzene rings is 1. The van der Waals surface area contributed by atoms with Gasteiger partial charge in [0.2, 0.25) is 0 Å². The van der Waals surface area contributed by atoms with Crippen molar-refractivity contribution in [3.8, 4) is 0 Å². The molecule has 0 fully saturated rings. The van der Waals surface area contributed by atoms with Gasteiger partial charge in [-0.25, -0.2) is 12.8 Å². The van der Waals surface area contributed by atoms with Crippen LogP contribution in [0, 0.1) is 5.82 Å². The van der Waals surface area contributed by atoms with Gasteiger partial charge in [0.15, 0.2) is 9.84 Å². The molecular weight excluding hydrogens is 333 g/mol. The summed E-state index contributed by atoms with van der Waals surface area (Å²) in [6.07, 6.45) is 1.65. The van der Waals surface area contributed by atoms with E-state index in [9.17, 15) is 12.8 Å². The summed E-state index contributed by atoms with van der Waals surface area (Å²) >= 11 is 3.36. The number of hydrogen-bond donors (Lipinski definition) is 1. The lowest BCUT2D eigenvalue weighted by atomic mass is 9.95. The van der Waals surface area contributed by atoms with E-state index in [1.165, 1.54) is 18.4 Å². The molecule has 0 bridgehead atoms. The molecule has 1 atom stereocenters. The molecule has 0 radical (unpaired) electrons. The molecule has 1 N–H and O–H groups in total. The fourth-order valence-corrected chi connectivity index (χ4v) is 3.00. The molecule has 6 heteroatoms. The number of nitrogens with one attached hydrogen (secondary N) is 1. The zero-order valence-corrected chi connectivity index (χ0v) is 13.9. The first-order valence-corrected chi connectivity index (χ1v) is 8.59. The van der Waals surface area contributed by atoms with Crippen LogP contribution in [0.15, 0.2) is 22.7 Å². The molecule has 108 valence electrons. The van der Waals surface area contributed by atoms with E-state index < -0.39 is 14.6 Å². The normalized spacial score (nSPS) is 14.4. The van der Waals surface area contributed by atoms with Gasteiger partial charge in [0.25, 0.3) is 0 Å². The largest absolute Gasteiger partial charge is 0.315 e. The van der Waals surface area contributed by atoms with Crippen molar-refractivity contribution in [3.63, 3.8) is 0 Å². The quantitative estimate of drug-likeness (QED) is 0.886. The van der Waals surface area contributed by atoms with Crippen LogP contribution in [0.2, 0.25) is 0 Å². The van der Waals surface area contributed by atoms with Gasteiger partial charge in [-0.15, -0.1) is 0 Å². The van der Waals surface area contributed by atoms with Crippen LogP contribution in [0.3, 0.4) is 0 Å². The third-order valence-electron chi connectivity index (χ3n) is 3.58. The smallest absolute Gasteiger partial charge is 0.154 e. The van der Waals surface area contributed by atoms with Gasteiger partial charge in [-0.2, -0.15) is 0 Å². The lowest BCUT2D eigenvalue weighted by Gasteiger charge is -2.32. The van der Waals surface area contributed by atoms with E-state index in [0.29, 0.717) is 6.42 Å². The highest BCUT2D eigenvalue weighted by atomic mass is 79.9. The van der Waals surface area contributed by atoms with Crippen LogP contribution in [0.1, 0.15) is 19.4 Å². The molecule has 0 saturated heterocycles. The minimum atomic E-state index is -3.23. The predicted octanol–water partition coefficient (Wildman–Crippen LogP) is 2.54. The van der Waals surface area contributed by atoms with Crippen LogP contribution < -0.4 is 5.32 Å².